The van der Waals surface area contributed by atoms with Crippen molar-refractivity contribution in [3.63, 3.8) is 0 Å². The first kappa shape index (κ1) is 23.9. The standard InChI is InChI=1S/C29H24FN3O4/c1-36-23-16-12-22(13-17-23)33-28(32-26-5-3-2-4-25(26)29(33)35)19-6-14-24(15-7-19)37-18-27(34)31-21-10-8-20(30)9-11-21/h2-17,28,32H,18H2,1H3,(H,31,34)/t28-/m1/s1. The molecule has 2 amide bonds. The first-order valence-corrected chi connectivity index (χ1v) is 11.6. The fourth-order valence-corrected chi connectivity index (χ4v) is 4.12. The highest BCUT2D eigenvalue weighted by molar-refractivity contribution is 6.12. The molecule has 1 aliphatic rings. The smallest absolute Gasteiger partial charge is 0.262 e. The van der Waals surface area contributed by atoms with Gasteiger partial charge in [-0.05, 0) is 78.4 Å². The lowest BCUT2D eigenvalue weighted by Gasteiger charge is -2.38. The molecule has 0 bridgehead atoms. The number of hydrogen-bond donors (Lipinski definition) is 2. The maximum absolute atomic E-state index is 13.5. The summed E-state index contributed by atoms with van der Waals surface area (Å²) in [5, 5.41) is 6.12. The van der Waals surface area contributed by atoms with Crippen molar-refractivity contribution in [3.05, 3.63) is 114 Å². The van der Waals surface area contributed by atoms with E-state index in [-0.39, 0.29) is 24.2 Å². The highest BCUT2D eigenvalue weighted by Crippen LogP contribution is 2.37. The predicted octanol–water partition coefficient (Wildman–Crippen LogP) is 5.62. The Morgan fingerprint density at radius 2 is 1.59 bits per heavy atom. The molecule has 5 rings (SSSR count). The van der Waals surface area contributed by atoms with Crippen molar-refractivity contribution in [1.29, 1.82) is 0 Å². The number of para-hydroxylation sites is 1. The molecule has 0 unspecified atom stereocenters. The predicted molar refractivity (Wildman–Crippen MR) is 140 cm³/mol. The summed E-state index contributed by atoms with van der Waals surface area (Å²) in [7, 11) is 1.59. The van der Waals surface area contributed by atoms with Crippen LogP contribution in [0.2, 0.25) is 0 Å². The number of ether oxygens (including phenoxy) is 2. The van der Waals surface area contributed by atoms with Gasteiger partial charge in [-0.3, -0.25) is 14.5 Å². The van der Waals surface area contributed by atoms with Crippen molar-refractivity contribution < 1.29 is 23.5 Å². The third-order valence-corrected chi connectivity index (χ3v) is 5.97. The van der Waals surface area contributed by atoms with Crippen LogP contribution < -0.4 is 25.0 Å². The molecular formula is C29H24FN3O4. The zero-order valence-corrected chi connectivity index (χ0v) is 20.0. The molecule has 186 valence electrons. The molecule has 0 radical (unpaired) electrons. The maximum atomic E-state index is 13.5. The number of nitrogens with zero attached hydrogens (tertiary/aromatic N) is 1. The lowest BCUT2D eigenvalue weighted by atomic mass is 10.0. The van der Waals surface area contributed by atoms with Crippen molar-refractivity contribution in [2.45, 2.75) is 6.17 Å². The van der Waals surface area contributed by atoms with Crippen LogP contribution in [0.15, 0.2) is 97.1 Å². The number of fused-ring (bicyclic) bond motifs is 1. The van der Waals surface area contributed by atoms with Crippen molar-refractivity contribution >= 4 is 28.9 Å². The van der Waals surface area contributed by atoms with E-state index >= 15 is 0 Å². The van der Waals surface area contributed by atoms with Gasteiger partial charge in [-0.25, -0.2) is 4.39 Å². The summed E-state index contributed by atoms with van der Waals surface area (Å²) < 4.78 is 23.9. The summed E-state index contributed by atoms with van der Waals surface area (Å²) >= 11 is 0. The highest BCUT2D eigenvalue weighted by atomic mass is 19.1. The molecule has 0 saturated heterocycles. The molecular weight excluding hydrogens is 473 g/mol. The van der Waals surface area contributed by atoms with Crippen LogP contribution in [-0.4, -0.2) is 25.5 Å². The number of rotatable bonds is 7. The molecule has 8 heteroatoms. The molecule has 7 nitrogen and oxygen atoms in total. The molecule has 4 aromatic carbocycles. The van der Waals surface area contributed by atoms with E-state index in [1.807, 2.05) is 54.6 Å². The number of carbonyl (C=O) groups excluding carboxylic acids is 2. The van der Waals surface area contributed by atoms with E-state index in [1.165, 1.54) is 24.3 Å². The molecule has 37 heavy (non-hydrogen) atoms. The van der Waals surface area contributed by atoms with Crippen molar-refractivity contribution in [3.8, 4) is 11.5 Å². The zero-order valence-electron chi connectivity index (χ0n) is 20.0. The second kappa shape index (κ2) is 10.4. The first-order chi connectivity index (χ1) is 18.0. The van der Waals surface area contributed by atoms with Crippen LogP contribution in [0.3, 0.4) is 0 Å². The summed E-state index contributed by atoms with van der Waals surface area (Å²) in [6.07, 6.45) is -0.466. The van der Waals surface area contributed by atoms with Gasteiger partial charge in [0, 0.05) is 17.1 Å². The second-order valence-corrected chi connectivity index (χ2v) is 8.38. The third kappa shape index (κ3) is 5.23. The van der Waals surface area contributed by atoms with E-state index in [0.717, 1.165) is 16.9 Å². The number of hydrogen-bond acceptors (Lipinski definition) is 5. The van der Waals surface area contributed by atoms with Gasteiger partial charge in [0.25, 0.3) is 11.8 Å². The van der Waals surface area contributed by atoms with Crippen LogP contribution in [0, 0.1) is 5.82 Å². The van der Waals surface area contributed by atoms with Crippen molar-refractivity contribution in [2.24, 2.45) is 0 Å². The molecule has 0 saturated carbocycles. The minimum atomic E-state index is -0.466. The van der Waals surface area contributed by atoms with Crippen molar-refractivity contribution in [2.75, 3.05) is 29.3 Å². The lowest BCUT2D eigenvalue weighted by Crippen LogP contribution is -2.43. The Morgan fingerprint density at radius 1 is 0.919 bits per heavy atom. The van der Waals surface area contributed by atoms with E-state index < -0.39 is 6.17 Å². The number of anilines is 3. The maximum Gasteiger partial charge on any atom is 0.262 e. The lowest BCUT2D eigenvalue weighted by molar-refractivity contribution is -0.118. The summed E-state index contributed by atoms with van der Waals surface area (Å²) in [6, 6.07) is 27.4. The van der Waals surface area contributed by atoms with Gasteiger partial charge < -0.3 is 20.1 Å². The van der Waals surface area contributed by atoms with Gasteiger partial charge in [0.05, 0.1) is 12.7 Å². The largest absolute Gasteiger partial charge is 0.497 e. The van der Waals surface area contributed by atoms with Crippen LogP contribution in [0.5, 0.6) is 11.5 Å². The molecule has 1 aliphatic heterocycles. The molecule has 0 spiro atoms. The van der Waals surface area contributed by atoms with Gasteiger partial charge in [0.15, 0.2) is 6.61 Å². The molecule has 1 heterocycles. The minimum Gasteiger partial charge on any atom is -0.497 e. The zero-order chi connectivity index (χ0) is 25.8. The number of amides is 2. The Kier molecular flexibility index (Phi) is 6.72. The normalized spacial score (nSPS) is 14.4. The monoisotopic (exact) mass is 497 g/mol. The van der Waals surface area contributed by atoms with Gasteiger partial charge in [-0.2, -0.15) is 0 Å². The Hall–Kier alpha value is -4.85. The van der Waals surface area contributed by atoms with Gasteiger partial charge in [-0.15, -0.1) is 0 Å². The van der Waals surface area contributed by atoms with E-state index in [2.05, 4.69) is 10.6 Å². The van der Waals surface area contributed by atoms with Crippen LogP contribution in [-0.2, 0) is 4.79 Å². The topological polar surface area (TPSA) is 79.9 Å². The molecule has 2 N–H and O–H groups in total. The number of benzene rings is 4. The highest BCUT2D eigenvalue weighted by Gasteiger charge is 2.34. The van der Waals surface area contributed by atoms with E-state index in [1.54, 1.807) is 30.2 Å². The fourth-order valence-electron chi connectivity index (χ4n) is 4.12. The number of methoxy groups -OCH3 is 1. The summed E-state index contributed by atoms with van der Waals surface area (Å²) in [4.78, 5) is 27.4. The summed E-state index contributed by atoms with van der Waals surface area (Å²) in [5.41, 5.74) is 3.37. The van der Waals surface area contributed by atoms with E-state index in [0.29, 0.717) is 22.7 Å². The quantitative estimate of drug-likeness (QED) is 0.346. The first-order valence-electron chi connectivity index (χ1n) is 11.6. The molecule has 4 aromatic rings. The molecule has 0 aromatic heterocycles. The summed E-state index contributed by atoms with van der Waals surface area (Å²) in [5.74, 6) is 0.331. The van der Waals surface area contributed by atoms with Gasteiger partial charge in [0.1, 0.15) is 23.5 Å². The Morgan fingerprint density at radius 3 is 2.30 bits per heavy atom. The number of halogens is 1. The van der Waals surface area contributed by atoms with E-state index in [4.69, 9.17) is 9.47 Å². The van der Waals surface area contributed by atoms with Gasteiger partial charge in [0.2, 0.25) is 0 Å². The van der Waals surface area contributed by atoms with Gasteiger partial charge >= 0.3 is 0 Å². The number of carbonyl (C=O) groups is 2. The fraction of sp³-hybridized carbons (Fsp3) is 0.103. The summed E-state index contributed by atoms with van der Waals surface area (Å²) in [6.45, 7) is -0.206. The van der Waals surface area contributed by atoms with Gasteiger partial charge in [-0.1, -0.05) is 24.3 Å². The van der Waals surface area contributed by atoms with Crippen molar-refractivity contribution in [1.82, 2.24) is 0 Å². The molecule has 0 fully saturated rings. The Labute approximate surface area is 213 Å². The van der Waals surface area contributed by atoms with Crippen LogP contribution >= 0.6 is 0 Å². The second-order valence-electron chi connectivity index (χ2n) is 8.38. The SMILES string of the molecule is COc1ccc(N2C(=O)c3ccccc3N[C@H]2c2ccc(OCC(=O)Nc3ccc(F)cc3)cc2)cc1. The average Bonchev–Trinajstić information content (AvgIpc) is 2.93. The number of nitrogens with one attached hydrogen (secondary N) is 2. The van der Waals surface area contributed by atoms with Crippen LogP contribution in [0.4, 0.5) is 21.5 Å². The third-order valence-electron chi connectivity index (χ3n) is 5.97. The Balaban J connectivity index is 1.33. The molecule has 0 aliphatic carbocycles. The van der Waals surface area contributed by atoms with Crippen LogP contribution in [0.1, 0.15) is 22.1 Å². The Bertz CT molecular complexity index is 1410. The molecule has 1 atom stereocenters. The van der Waals surface area contributed by atoms with Crippen LogP contribution in [0.25, 0.3) is 0 Å². The van der Waals surface area contributed by atoms with E-state index in [9.17, 15) is 14.0 Å². The minimum absolute atomic E-state index is 0.123. The average molecular weight is 498 g/mol.